The third-order valence-electron chi connectivity index (χ3n) is 4.06. The summed E-state index contributed by atoms with van der Waals surface area (Å²) in [5.41, 5.74) is -0.544. The predicted octanol–water partition coefficient (Wildman–Crippen LogP) is 2.28. The Kier molecular flexibility index (Phi) is 11.1. The van der Waals surface area contributed by atoms with Crippen molar-refractivity contribution in [3.63, 3.8) is 0 Å². The average molecular weight is 402 g/mol. The lowest BCUT2D eigenvalue weighted by atomic mass is 9.72. The van der Waals surface area contributed by atoms with Gasteiger partial charge in [-0.25, -0.2) is 9.59 Å². The van der Waals surface area contributed by atoms with Crippen molar-refractivity contribution in [2.45, 2.75) is 52.7 Å². The fraction of sp³-hybridized carbons (Fsp3) is 0.737. The van der Waals surface area contributed by atoms with Gasteiger partial charge in [-0.05, 0) is 25.2 Å². The third kappa shape index (κ3) is 10.9. The molecule has 0 radical (unpaired) electrons. The first-order chi connectivity index (χ1) is 12.4. The zero-order valence-corrected chi connectivity index (χ0v) is 18.1. The van der Waals surface area contributed by atoms with Gasteiger partial charge in [0.05, 0.1) is 12.0 Å². The van der Waals surface area contributed by atoms with E-state index in [1.807, 2.05) is 13.8 Å². The van der Waals surface area contributed by atoms with Gasteiger partial charge in [-0.15, -0.1) is 0 Å². The Bertz CT molecular complexity index is 518. The second kappa shape index (κ2) is 11.9. The van der Waals surface area contributed by atoms with Gasteiger partial charge in [0.15, 0.2) is 0 Å². The molecule has 8 heteroatoms. The second-order valence-electron chi connectivity index (χ2n) is 7.99. The van der Waals surface area contributed by atoms with E-state index in [-0.39, 0.29) is 35.8 Å². The van der Waals surface area contributed by atoms with E-state index in [1.54, 1.807) is 0 Å². The molecule has 0 aliphatic carbocycles. The van der Waals surface area contributed by atoms with Crippen LogP contribution in [0.4, 0.5) is 4.79 Å². The highest BCUT2D eigenvalue weighted by Gasteiger charge is 2.40. The molecule has 0 fully saturated rings. The maximum atomic E-state index is 12.6. The molecule has 0 heterocycles. The van der Waals surface area contributed by atoms with Crippen molar-refractivity contribution < 1.29 is 19.1 Å². The van der Waals surface area contributed by atoms with Crippen LogP contribution >= 0.6 is 12.6 Å². The van der Waals surface area contributed by atoms with Crippen molar-refractivity contribution in [1.29, 1.82) is 0 Å². The van der Waals surface area contributed by atoms with Crippen LogP contribution in [0.3, 0.4) is 0 Å². The predicted molar refractivity (Wildman–Crippen MR) is 111 cm³/mol. The van der Waals surface area contributed by atoms with Gasteiger partial charge in [0.25, 0.3) is 0 Å². The first-order valence-corrected chi connectivity index (χ1v) is 9.71. The Morgan fingerprint density at radius 2 is 1.63 bits per heavy atom. The molecule has 0 aliphatic rings. The molecule has 0 aliphatic heterocycles. The summed E-state index contributed by atoms with van der Waals surface area (Å²) in [7, 11) is 0. The van der Waals surface area contributed by atoms with Crippen molar-refractivity contribution in [3.8, 4) is 0 Å². The highest BCUT2D eigenvalue weighted by Crippen LogP contribution is 2.38. The van der Waals surface area contributed by atoms with Crippen molar-refractivity contribution in [2.24, 2.45) is 10.8 Å². The summed E-state index contributed by atoms with van der Waals surface area (Å²) in [5, 5.41) is 8.12. The van der Waals surface area contributed by atoms with Crippen molar-refractivity contribution >= 4 is 30.5 Å². The van der Waals surface area contributed by atoms with E-state index in [0.29, 0.717) is 19.5 Å². The van der Waals surface area contributed by atoms with Gasteiger partial charge in [-0.3, -0.25) is 4.79 Å². The molecule has 0 bridgehead atoms. The minimum absolute atomic E-state index is 0.0166. The normalized spacial score (nSPS) is 14.4. The lowest BCUT2D eigenvalue weighted by molar-refractivity contribution is -0.137. The Labute approximate surface area is 168 Å². The van der Waals surface area contributed by atoms with E-state index in [9.17, 15) is 14.4 Å². The van der Waals surface area contributed by atoms with E-state index in [4.69, 9.17) is 4.74 Å². The van der Waals surface area contributed by atoms with Gasteiger partial charge in [-0.1, -0.05) is 34.3 Å². The summed E-state index contributed by atoms with van der Waals surface area (Å²) in [5.74, 6) is -0.546. The molecular formula is C19H35N3O4S. The van der Waals surface area contributed by atoms with Crippen LogP contribution < -0.4 is 16.0 Å². The van der Waals surface area contributed by atoms with Gasteiger partial charge in [0, 0.05) is 24.4 Å². The molecule has 0 saturated carbocycles. The molecule has 0 spiro atoms. The maximum absolute atomic E-state index is 12.6. The first-order valence-electron chi connectivity index (χ1n) is 9.19. The average Bonchev–Trinajstić information content (AvgIpc) is 2.56. The minimum atomic E-state index is -0.560. The third-order valence-corrected chi connectivity index (χ3v) is 4.63. The van der Waals surface area contributed by atoms with Gasteiger partial charge in [0.1, 0.15) is 6.61 Å². The minimum Gasteiger partial charge on any atom is -0.461 e. The summed E-state index contributed by atoms with van der Waals surface area (Å²) >= 11 is 4.52. The van der Waals surface area contributed by atoms with E-state index >= 15 is 0 Å². The van der Waals surface area contributed by atoms with Crippen molar-refractivity contribution in [3.05, 3.63) is 12.7 Å². The number of amides is 3. The van der Waals surface area contributed by atoms with E-state index in [0.717, 1.165) is 12.5 Å². The van der Waals surface area contributed by atoms with E-state index in [1.165, 1.54) is 0 Å². The van der Waals surface area contributed by atoms with Gasteiger partial charge >= 0.3 is 12.0 Å². The molecule has 0 rings (SSSR count). The number of hydrogen-bond acceptors (Lipinski definition) is 5. The number of ether oxygens (including phenoxy) is 1. The van der Waals surface area contributed by atoms with Gasteiger partial charge < -0.3 is 20.7 Å². The molecule has 2 atom stereocenters. The molecule has 0 aromatic rings. The number of esters is 1. The molecule has 0 aromatic carbocycles. The Hall–Kier alpha value is -1.70. The van der Waals surface area contributed by atoms with Crippen LogP contribution in [0.15, 0.2) is 12.7 Å². The number of carbonyl (C=O) groups excluding carboxylic acids is 3. The maximum Gasteiger partial charge on any atom is 0.330 e. The van der Waals surface area contributed by atoms with Gasteiger partial charge in [-0.2, -0.15) is 12.6 Å². The highest BCUT2D eigenvalue weighted by atomic mass is 32.1. The Morgan fingerprint density at radius 3 is 2.15 bits per heavy atom. The molecular weight excluding hydrogens is 366 g/mol. The zero-order valence-electron chi connectivity index (χ0n) is 17.2. The van der Waals surface area contributed by atoms with Crippen molar-refractivity contribution in [2.75, 3.05) is 26.2 Å². The Morgan fingerprint density at radius 1 is 1.07 bits per heavy atom. The molecule has 27 heavy (non-hydrogen) atoms. The lowest BCUT2D eigenvalue weighted by Crippen LogP contribution is -2.46. The smallest absolute Gasteiger partial charge is 0.330 e. The standard InChI is InChI=1S/C19H35N3O4S/c1-7-15(23)26-12-11-22-17(25)21-10-8-9-20-16(24)19(6,14(2)27)13-18(3,4)5/h7,14,27H,1,8-13H2,2-6H3,(H,20,24)(H2,21,22,25). The Balaban J connectivity index is 4.08. The number of rotatable bonds is 11. The molecule has 156 valence electrons. The second-order valence-corrected chi connectivity index (χ2v) is 8.77. The number of urea groups is 1. The number of carbonyl (C=O) groups is 3. The topological polar surface area (TPSA) is 96.5 Å². The fourth-order valence-electron chi connectivity index (χ4n) is 2.65. The number of nitrogens with one attached hydrogen (secondary N) is 3. The number of thiol groups is 1. The zero-order chi connectivity index (χ0) is 21.1. The van der Waals surface area contributed by atoms with Crippen LogP contribution in [0.25, 0.3) is 0 Å². The fourth-order valence-corrected chi connectivity index (χ4v) is 2.86. The molecule has 3 N–H and O–H groups in total. The lowest BCUT2D eigenvalue weighted by Gasteiger charge is -2.37. The van der Waals surface area contributed by atoms with Crippen LogP contribution in [0.2, 0.25) is 0 Å². The monoisotopic (exact) mass is 401 g/mol. The molecule has 0 saturated heterocycles. The van der Waals surface area contributed by atoms with Crippen LogP contribution in [-0.2, 0) is 14.3 Å². The summed E-state index contributed by atoms with van der Waals surface area (Å²) < 4.78 is 4.74. The van der Waals surface area contributed by atoms with Crippen LogP contribution in [0, 0.1) is 10.8 Å². The largest absolute Gasteiger partial charge is 0.461 e. The quantitative estimate of drug-likeness (QED) is 0.185. The molecule has 0 aromatic heterocycles. The summed E-state index contributed by atoms with van der Waals surface area (Å²) in [6.07, 6.45) is 2.40. The van der Waals surface area contributed by atoms with Gasteiger partial charge in [0.2, 0.25) is 5.91 Å². The molecule has 2 unspecified atom stereocenters. The summed E-state index contributed by atoms with van der Waals surface area (Å²) in [6.45, 7) is 14.7. The summed E-state index contributed by atoms with van der Waals surface area (Å²) in [4.78, 5) is 35.0. The van der Waals surface area contributed by atoms with E-state index in [2.05, 4.69) is 55.9 Å². The van der Waals surface area contributed by atoms with Crippen LogP contribution in [-0.4, -0.2) is 49.4 Å². The van der Waals surface area contributed by atoms with E-state index < -0.39 is 11.4 Å². The van der Waals surface area contributed by atoms with Crippen molar-refractivity contribution in [1.82, 2.24) is 16.0 Å². The number of hydrogen-bond donors (Lipinski definition) is 4. The summed E-state index contributed by atoms with van der Waals surface area (Å²) in [6, 6.07) is -0.350. The highest BCUT2D eigenvalue weighted by molar-refractivity contribution is 7.81. The molecule has 7 nitrogen and oxygen atoms in total. The first kappa shape index (κ1) is 25.3. The van der Waals surface area contributed by atoms with Crippen LogP contribution in [0.5, 0.6) is 0 Å². The SMILES string of the molecule is C=CC(=O)OCCNC(=O)NCCCNC(=O)C(C)(CC(C)(C)C)C(C)S. The molecule has 3 amide bonds. The van der Waals surface area contributed by atoms with Crippen LogP contribution in [0.1, 0.15) is 47.5 Å².